The minimum Gasteiger partial charge on any atom is -0.497 e. The molecule has 28 heavy (non-hydrogen) atoms. The molecule has 0 amide bonds. The number of ether oxygens (including phenoxy) is 1. The summed E-state index contributed by atoms with van der Waals surface area (Å²) < 4.78 is 5.45. The molecular weight excluding hydrogens is 370 g/mol. The summed E-state index contributed by atoms with van der Waals surface area (Å²) >= 11 is 1.86. The van der Waals surface area contributed by atoms with Crippen molar-refractivity contribution < 1.29 is 4.74 Å². The van der Waals surface area contributed by atoms with Crippen LogP contribution < -0.4 is 20.3 Å². The van der Waals surface area contributed by atoms with Crippen LogP contribution in [0.4, 0.5) is 5.69 Å². The van der Waals surface area contributed by atoms with E-state index in [0.29, 0.717) is 0 Å². The number of piperazine rings is 1. The maximum Gasteiger partial charge on any atom is 0.191 e. The number of aliphatic imine (C=N–C) groups is 1. The Labute approximate surface area is 175 Å². The zero-order valence-electron chi connectivity index (χ0n) is 18.1. The Kier molecular flexibility index (Phi) is 9.25. The highest BCUT2D eigenvalue weighted by atomic mass is 32.2. The Morgan fingerprint density at radius 1 is 1.14 bits per heavy atom. The predicted octanol–water partition coefficient (Wildman–Crippen LogP) is 2.51. The highest BCUT2D eigenvalue weighted by Gasteiger charge is 2.17. The molecule has 1 aromatic rings. The number of guanidine groups is 1. The van der Waals surface area contributed by atoms with Gasteiger partial charge in [-0.25, -0.2) is 0 Å². The Morgan fingerprint density at radius 2 is 1.82 bits per heavy atom. The lowest BCUT2D eigenvalue weighted by Crippen LogP contribution is -2.47. The minimum atomic E-state index is 0.210. The molecule has 7 heteroatoms. The van der Waals surface area contributed by atoms with Gasteiger partial charge in [0.1, 0.15) is 5.75 Å². The SMILES string of the molecule is CN=C(NCCCN1CCN(c2ccc(OC)cc2)CC1)NCC(C)(C)SC. The Bertz CT molecular complexity index is 597. The zero-order chi connectivity index (χ0) is 20.4. The molecule has 158 valence electrons. The zero-order valence-corrected chi connectivity index (χ0v) is 18.9. The van der Waals surface area contributed by atoms with Gasteiger partial charge in [-0.1, -0.05) is 0 Å². The van der Waals surface area contributed by atoms with E-state index in [9.17, 15) is 0 Å². The largest absolute Gasteiger partial charge is 0.497 e. The van der Waals surface area contributed by atoms with Crippen molar-refractivity contribution in [1.82, 2.24) is 15.5 Å². The molecule has 0 aromatic heterocycles. The van der Waals surface area contributed by atoms with Gasteiger partial charge >= 0.3 is 0 Å². The molecule has 0 bridgehead atoms. The van der Waals surface area contributed by atoms with Crippen molar-refractivity contribution >= 4 is 23.4 Å². The molecule has 6 nitrogen and oxygen atoms in total. The number of thioether (sulfide) groups is 1. The molecule has 0 atom stereocenters. The fraction of sp³-hybridized carbons (Fsp3) is 0.667. The van der Waals surface area contributed by atoms with Gasteiger partial charge in [0.25, 0.3) is 0 Å². The number of nitrogens with one attached hydrogen (secondary N) is 2. The van der Waals surface area contributed by atoms with Crippen molar-refractivity contribution in [2.45, 2.75) is 25.0 Å². The number of anilines is 1. The van der Waals surface area contributed by atoms with Crippen molar-refractivity contribution in [3.63, 3.8) is 0 Å². The standard InChI is InChI=1S/C21H37N5OS/c1-21(2,28-5)17-24-20(22-3)23-11-6-12-25-13-15-26(16-14-25)18-7-9-19(27-4)10-8-18/h7-10H,6,11-17H2,1-5H3,(H2,22,23,24). The molecular formula is C21H37N5OS. The fourth-order valence-corrected chi connectivity index (χ4v) is 3.34. The van der Waals surface area contributed by atoms with Crippen molar-refractivity contribution in [2.75, 3.05) is 71.1 Å². The molecule has 1 aromatic carbocycles. The van der Waals surface area contributed by atoms with Gasteiger partial charge in [-0.15, -0.1) is 0 Å². The highest BCUT2D eigenvalue weighted by Crippen LogP contribution is 2.21. The lowest BCUT2D eigenvalue weighted by molar-refractivity contribution is 0.255. The monoisotopic (exact) mass is 407 g/mol. The first-order chi connectivity index (χ1) is 13.5. The van der Waals surface area contributed by atoms with Crippen LogP contribution in [-0.2, 0) is 0 Å². The normalized spacial score (nSPS) is 16.2. The van der Waals surface area contributed by atoms with E-state index in [1.54, 1.807) is 7.11 Å². The van der Waals surface area contributed by atoms with Crippen LogP contribution in [0.3, 0.4) is 0 Å². The molecule has 0 saturated carbocycles. The topological polar surface area (TPSA) is 52.1 Å². The smallest absolute Gasteiger partial charge is 0.191 e. The molecule has 0 radical (unpaired) electrons. The Hall–Kier alpha value is -1.60. The molecule has 0 aliphatic carbocycles. The third-order valence-electron chi connectivity index (χ3n) is 5.21. The second-order valence-corrected chi connectivity index (χ2v) is 9.21. The first-order valence-corrected chi connectivity index (χ1v) is 11.3. The molecule has 0 spiro atoms. The summed E-state index contributed by atoms with van der Waals surface area (Å²) in [6, 6.07) is 8.37. The summed E-state index contributed by atoms with van der Waals surface area (Å²) in [7, 11) is 3.54. The van der Waals surface area contributed by atoms with Crippen LogP contribution >= 0.6 is 11.8 Å². The van der Waals surface area contributed by atoms with Crippen LogP contribution in [0, 0.1) is 0 Å². The van der Waals surface area contributed by atoms with Crippen molar-refractivity contribution in [1.29, 1.82) is 0 Å². The second kappa shape index (κ2) is 11.4. The van der Waals surface area contributed by atoms with Gasteiger partial charge in [-0.05, 0) is 57.3 Å². The third kappa shape index (κ3) is 7.43. The van der Waals surface area contributed by atoms with Crippen LogP contribution in [0.5, 0.6) is 5.75 Å². The first-order valence-electron chi connectivity index (χ1n) is 10.1. The number of hydrogen-bond donors (Lipinski definition) is 2. The summed E-state index contributed by atoms with van der Waals surface area (Å²) in [4.78, 5) is 9.32. The molecule has 2 rings (SSSR count). The van der Waals surface area contributed by atoms with Gasteiger partial charge in [0.2, 0.25) is 0 Å². The van der Waals surface area contributed by atoms with Crippen LogP contribution in [0.1, 0.15) is 20.3 Å². The van der Waals surface area contributed by atoms with Gasteiger partial charge < -0.3 is 20.3 Å². The molecule has 1 aliphatic heterocycles. The summed E-state index contributed by atoms with van der Waals surface area (Å²) in [5, 5.41) is 6.85. The predicted molar refractivity (Wildman–Crippen MR) is 123 cm³/mol. The van der Waals surface area contributed by atoms with Gasteiger partial charge in [0, 0.05) is 56.8 Å². The van der Waals surface area contributed by atoms with Gasteiger partial charge in [-0.2, -0.15) is 11.8 Å². The summed E-state index contributed by atoms with van der Waals surface area (Å²) in [5.74, 6) is 1.81. The van der Waals surface area contributed by atoms with Crippen molar-refractivity contribution in [2.24, 2.45) is 4.99 Å². The van der Waals surface area contributed by atoms with E-state index in [0.717, 1.165) is 63.9 Å². The number of rotatable bonds is 9. The maximum atomic E-state index is 5.24. The average molecular weight is 408 g/mol. The van der Waals surface area contributed by atoms with Crippen LogP contribution in [-0.4, -0.2) is 81.8 Å². The van der Waals surface area contributed by atoms with Gasteiger partial charge in [-0.3, -0.25) is 9.89 Å². The Morgan fingerprint density at radius 3 is 2.39 bits per heavy atom. The van der Waals surface area contributed by atoms with E-state index < -0.39 is 0 Å². The van der Waals surface area contributed by atoms with E-state index in [1.165, 1.54) is 5.69 Å². The van der Waals surface area contributed by atoms with Crippen LogP contribution in [0.25, 0.3) is 0 Å². The average Bonchev–Trinajstić information content (AvgIpc) is 2.73. The lowest BCUT2D eigenvalue weighted by atomic mass is 10.2. The lowest BCUT2D eigenvalue weighted by Gasteiger charge is -2.36. The molecule has 0 unspecified atom stereocenters. The number of hydrogen-bond acceptors (Lipinski definition) is 5. The van der Waals surface area contributed by atoms with Crippen molar-refractivity contribution in [3.05, 3.63) is 24.3 Å². The summed E-state index contributed by atoms with van der Waals surface area (Å²) in [6.45, 7) is 11.8. The van der Waals surface area contributed by atoms with Crippen molar-refractivity contribution in [3.8, 4) is 5.75 Å². The van der Waals surface area contributed by atoms with E-state index in [1.807, 2.05) is 30.9 Å². The van der Waals surface area contributed by atoms with Gasteiger partial charge in [0.05, 0.1) is 7.11 Å². The second-order valence-electron chi connectivity index (χ2n) is 7.70. The van der Waals surface area contributed by atoms with E-state index >= 15 is 0 Å². The van der Waals surface area contributed by atoms with Crippen LogP contribution in [0.15, 0.2) is 29.3 Å². The van der Waals surface area contributed by atoms with E-state index in [4.69, 9.17) is 4.74 Å². The molecule has 1 aliphatic rings. The number of methoxy groups -OCH3 is 1. The minimum absolute atomic E-state index is 0.210. The molecule has 1 heterocycles. The third-order valence-corrected chi connectivity index (χ3v) is 6.46. The Balaban J connectivity index is 1.63. The molecule has 1 fully saturated rings. The quantitative estimate of drug-likeness (QED) is 0.373. The molecule has 1 saturated heterocycles. The summed E-state index contributed by atoms with van der Waals surface area (Å²) in [5.41, 5.74) is 1.28. The summed E-state index contributed by atoms with van der Waals surface area (Å²) in [6.07, 6.45) is 3.27. The maximum absolute atomic E-state index is 5.24. The van der Waals surface area contributed by atoms with Crippen LogP contribution in [0.2, 0.25) is 0 Å². The number of benzene rings is 1. The number of nitrogens with zero attached hydrogens (tertiary/aromatic N) is 3. The van der Waals surface area contributed by atoms with E-state index in [2.05, 4.69) is 57.7 Å². The fourth-order valence-electron chi connectivity index (χ4n) is 3.12. The van der Waals surface area contributed by atoms with Gasteiger partial charge in [0.15, 0.2) is 5.96 Å². The highest BCUT2D eigenvalue weighted by molar-refractivity contribution is 7.99. The first kappa shape index (κ1) is 22.7. The van der Waals surface area contributed by atoms with E-state index in [-0.39, 0.29) is 4.75 Å². The molecule has 2 N–H and O–H groups in total.